The van der Waals surface area contributed by atoms with Gasteiger partial charge in [-0.2, -0.15) is 4.98 Å². The Morgan fingerprint density at radius 1 is 1.18 bits per heavy atom. The molecule has 5 rings (SSSR count). The van der Waals surface area contributed by atoms with Crippen LogP contribution in [0.4, 0.5) is 5.82 Å². The summed E-state index contributed by atoms with van der Waals surface area (Å²) in [5, 5.41) is 0. The molecule has 2 atom stereocenters. The molecule has 4 heterocycles. The van der Waals surface area contributed by atoms with Crippen LogP contribution >= 0.6 is 0 Å². The number of anilines is 1. The lowest BCUT2D eigenvalue weighted by Gasteiger charge is -2.35. The average molecular weight is 466 g/mol. The van der Waals surface area contributed by atoms with Crippen molar-refractivity contribution in [2.24, 2.45) is 15.7 Å². The molecule has 3 aliphatic heterocycles. The predicted molar refractivity (Wildman–Crippen MR) is 131 cm³/mol. The molecule has 34 heavy (non-hydrogen) atoms. The number of aliphatic imine (C=N–C) groups is 2. The summed E-state index contributed by atoms with van der Waals surface area (Å²) in [7, 11) is 7.17. The highest BCUT2D eigenvalue weighted by Crippen LogP contribution is 2.44. The summed E-state index contributed by atoms with van der Waals surface area (Å²) >= 11 is 0. The smallest absolute Gasteiger partial charge is 0.225 e. The fraction of sp³-hybridized carbons (Fsp3) is 0.480. The molecular formula is C25H31N5O4. The van der Waals surface area contributed by atoms with Gasteiger partial charge in [-0.05, 0) is 25.5 Å². The minimum Gasteiger partial charge on any atom is -0.493 e. The molecule has 9 heteroatoms. The molecule has 2 N–H and O–H groups in total. The van der Waals surface area contributed by atoms with Crippen molar-refractivity contribution in [3.63, 3.8) is 0 Å². The fourth-order valence-corrected chi connectivity index (χ4v) is 5.02. The van der Waals surface area contributed by atoms with Crippen LogP contribution in [0.1, 0.15) is 36.1 Å². The molecule has 0 aliphatic carbocycles. The van der Waals surface area contributed by atoms with Crippen molar-refractivity contribution in [2.45, 2.75) is 50.7 Å². The summed E-state index contributed by atoms with van der Waals surface area (Å²) in [4.78, 5) is 16.1. The van der Waals surface area contributed by atoms with Gasteiger partial charge >= 0.3 is 0 Å². The molecule has 2 aromatic rings. The Labute approximate surface area is 199 Å². The van der Waals surface area contributed by atoms with Crippen molar-refractivity contribution in [3.8, 4) is 17.4 Å². The first kappa shape index (κ1) is 22.6. The van der Waals surface area contributed by atoms with Gasteiger partial charge in [0.25, 0.3) is 0 Å². The van der Waals surface area contributed by atoms with Gasteiger partial charge in [-0.1, -0.05) is 12.1 Å². The number of methoxy groups -OCH3 is 2. The topological polar surface area (TPSA) is 104 Å². The third-order valence-electron chi connectivity index (χ3n) is 6.63. The largest absolute Gasteiger partial charge is 0.493 e. The van der Waals surface area contributed by atoms with Crippen LogP contribution < -0.4 is 24.8 Å². The van der Waals surface area contributed by atoms with E-state index in [1.54, 1.807) is 14.2 Å². The SMILES string of the molecule is COc1cccc(CC2(N)N=CN=C3c4c(nc(N(C)C)c5c4CC(C)(C)OC5)OC32)c1OC. The molecule has 180 valence electrons. The molecule has 0 bridgehead atoms. The Morgan fingerprint density at radius 3 is 2.68 bits per heavy atom. The maximum absolute atomic E-state index is 6.94. The van der Waals surface area contributed by atoms with Gasteiger partial charge in [-0.25, -0.2) is 9.98 Å². The summed E-state index contributed by atoms with van der Waals surface area (Å²) < 4.78 is 23.7. The van der Waals surface area contributed by atoms with Gasteiger partial charge in [0, 0.05) is 38.1 Å². The minimum absolute atomic E-state index is 0.305. The first-order valence-electron chi connectivity index (χ1n) is 11.3. The molecule has 1 aromatic carbocycles. The lowest BCUT2D eigenvalue weighted by Crippen LogP contribution is -2.57. The third kappa shape index (κ3) is 3.50. The van der Waals surface area contributed by atoms with Crippen LogP contribution in [0.15, 0.2) is 28.2 Å². The van der Waals surface area contributed by atoms with E-state index in [1.807, 2.05) is 37.2 Å². The van der Waals surface area contributed by atoms with E-state index in [0.717, 1.165) is 40.2 Å². The number of ether oxygens (including phenoxy) is 4. The zero-order chi connectivity index (χ0) is 24.3. The number of rotatable bonds is 5. The number of fused-ring (bicyclic) bond motifs is 5. The second kappa shape index (κ2) is 7.95. The summed E-state index contributed by atoms with van der Waals surface area (Å²) in [5.41, 5.74) is 10.3. The third-order valence-corrected chi connectivity index (χ3v) is 6.63. The normalized spacial score (nSPS) is 23.9. The molecule has 9 nitrogen and oxygen atoms in total. The zero-order valence-electron chi connectivity index (χ0n) is 20.5. The van der Waals surface area contributed by atoms with E-state index >= 15 is 0 Å². The number of para-hydroxylation sites is 1. The number of pyridine rings is 1. The van der Waals surface area contributed by atoms with Gasteiger partial charge < -0.3 is 29.6 Å². The van der Waals surface area contributed by atoms with E-state index < -0.39 is 11.8 Å². The van der Waals surface area contributed by atoms with Gasteiger partial charge in [0.05, 0.1) is 37.7 Å². The molecule has 0 amide bonds. The van der Waals surface area contributed by atoms with E-state index in [0.29, 0.717) is 30.4 Å². The number of hydrogen-bond acceptors (Lipinski definition) is 9. The zero-order valence-corrected chi connectivity index (χ0v) is 20.5. The molecular weight excluding hydrogens is 434 g/mol. The van der Waals surface area contributed by atoms with Gasteiger partial charge in [-0.3, -0.25) is 0 Å². The van der Waals surface area contributed by atoms with Crippen LogP contribution in [-0.4, -0.2) is 62.7 Å². The van der Waals surface area contributed by atoms with Crippen LogP contribution in [0, 0.1) is 0 Å². The van der Waals surface area contributed by atoms with Crippen molar-refractivity contribution in [1.29, 1.82) is 0 Å². The van der Waals surface area contributed by atoms with Crippen molar-refractivity contribution < 1.29 is 18.9 Å². The van der Waals surface area contributed by atoms with Crippen molar-refractivity contribution in [3.05, 3.63) is 40.5 Å². The lowest BCUT2D eigenvalue weighted by atomic mass is 9.84. The monoisotopic (exact) mass is 465 g/mol. The standard InChI is InChI=1S/C25H31N5O4/c1-24(2)11-15-16(12-33-24)22(30(3)4)29-23-18(15)19-21(34-23)25(26,28-13-27-19)10-14-8-7-9-17(31-5)20(14)32-6/h7-9,13,21H,10-12,26H2,1-6H3. The van der Waals surface area contributed by atoms with Gasteiger partial charge in [-0.15, -0.1) is 0 Å². The highest BCUT2D eigenvalue weighted by Gasteiger charge is 2.50. The predicted octanol–water partition coefficient (Wildman–Crippen LogP) is 2.51. The van der Waals surface area contributed by atoms with E-state index in [2.05, 4.69) is 23.8 Å². The molecule has 0 saturated carbocycles. The van der Waals surface area contributed by atoms with E-state index in [9.17, 15) is 0 Å². The second-order valence-corrected chi connectivity index (χ2v) is 9.77. The Kier molecular flexibility index (Phi) is 5.29. The molecule has 0 spiro atoms. The molecule has 0 fully saturated rings. The minimum atomic E-state index is -1.09. The number of benzene rings is 1. The fourth-order valence-electron chi connectivity index (χ4n) is 5.02. The number of nitrogens with two attached hydrogens (primary N) is 1. The highest BCUT2D eigenvalue weighted by molar-refractivity contribution is 6.14. The summed E-state index contributed by atoms with van der Waals surface area (Å²) in [6.45, 7) is 4.67. The van der Waals surface area contributed by atoms with Crippen LogP contribution in [-0.2, 0) is 24.2 Å². The number of aromatic nitrogens is 1. The van der Waals surface area contributed by atoms with E-state index in [1.165, 1.54) is 6.34 Å². The Morgan fingerprint density at radius 2 is 1.97 bits per heavy atom. The van der Waals surface area contributed by atoms with Gasteiger partial charge in [0.1, 0.15) is 12.2 Å². The Bertz CT molecular complexity index is 1210. The lowest BCUT2D eigenvalue weighted by molar-refractivity contribution is -0.0400. The average Bonchev–Trinajstić information content (AvgIpc) is 3.18. The maximum atomic E-state index is 6.94. The number of nitrogens with zero attached hydrogens (tertiary/aromatic N) is 4. The first-order chi connectivity index (χ1) is 16.2. The van der Waals surface area contributed by atoms with Crippen molar-refractivity contribution in [2.75, 3.05) is 33.2 Å². The summed E-state index contributed by atoms with van der Waals surface area (Å²) in [6, 6.07) is 5.73. The molecule has 0 saturated heterocycles. The second-order valence-electron chi connectivity index (χ2n) is 9.77. The van der Waals surface area contributed by atoms with Crippen LogP contribution in [0.3, 0.4) is 0 Å². The number of hydrogen-bond donors (Lipinski definition) is 1. The van der Waals surface area contributed by atoms with Crippen LogP contribution in [0.25, 0.3) is 0 Å². The Hall–Kier alpha value is -3.17. The molecule has 2 unspecified atom stereocenters. The first-order valence-corrected chi connectivity index (χ1v) is 11.3. The van der Waals surface area contributed by atoms with E-state index in [4.69, 9.17) is 29.7 Å². The molecule has 0 radical (unpaired) electrons. The summed E-state index contributed by atoms with van der Waals surface area (Å²) in [6.07, 6.45) is 2.05. The maximum Gasteiger partial charge on any atom is 0.225 e. The Balaban J connectivity index is 1.59. The van der Waals surface area contributed by atoms with Gasteiger partial charge in [0.2, 0.25) is 5.88 Å². The van der Waals surface area contributed by atoms with Crippen LogP contribution in [0.2, 0.25) is 0 Å². The van der Waals surface area contributed by atoms with Crippen molar-refractivity contribution in [1.82, 2.24) is 4.98 Å². The van der Waals surface area contributed by atoms with Crippen molar-refractivity contribution >= 4 is 17.9 Å². The molecule has 3 aliphatic rings. The highest BCUT2D eigenvalue weighted by atomic mass is 16.5. The quantitative estimate of drug-likeness (QED) is 0.724. The summed E-state index contributed by atoms with van der Waals surface area (Å²) in [5.74, 6) is 2.65. The van der Waals surface area contributed by atoms with E-state index in [-0.39, 0.29) is 5.60 Å². The van der Waals surface area contributed by atoms with Gasteiger partial charge in [0.15, 0.2) is 23.3 Å². The van der Waals surface area contributed by atoms with Crippen LogP contribution in [0.5, 0.6) is 17.4 Å². The molecule has 1 aromatic heterocycles.